The molecule has 1 rings (SSSR count). The van der Waals surface area contributed by atoms with Gasteiger partial charge in [0.15, 0.2) is 0 Å². The lowest BCUT2D eigenvalue weighted by Crippen LogP contribution is -2.42. The molecule has 0 spiro atoms. The first kappa shape index (κ1) is 13.4. The number of nitrogens with zero attached hydrogens (tertiary/aromatic N) is 2. The van der Waals surface area contributed by atoms with Gasteiger partial charge < -0.3 is 9.64 Å². The number of alkyl halides is 1. The zero-order valence-electron chi connectivity index (χ0n) is 9.75. The minimum Gasteiger partial charge on any atom is -0.379 e. The van der Waals surface area contributed by atoms with E-state index in [0.717, 1.165) is 38.2 Å². The normalized spacial score (nSPS) is 18.6. The van der Waals surface area contributed by atoms with Gasteiger partial charge in [0.25, 0.3) is 0 Å². The molecule has 15 heavy (non-hydrogen) atoms. The van der Waals surface area contributed by atoms with Crippen molar-refractivity contribution in [2.75, 3.05) is 57.8 Å². The van der Waals surface area contributed by atoms with Crippen LogP contribution in [0.25, 0.3) is 0 Å². The van der Waals surface area contributed by atoms with Crippen molar-refractivity contribution in [3.05, 3.63) is 0 Å². The predicted molar refractivity (Wildman–Crippen MR) is 67.8 cm³/mol. The highest BCUT2D eigenvalue weighted by atomic mass is 79.9. The van der Waals surface area contributed by atoms with Crippen LogP contribution in [0.2, 0.25) is 0 Å². The van der Waals surface area contributed by atoms with Crippen LogP contribution in [0.3, 0.4) is 0 Å². The van der Waals surface area contributed by atoms with Crippen molar-refractivity contribution in [3.8, 4) is 0 Å². The van der Waals surface area contributed by atoms with Crippen LogP contribution in [0.15, 0.2) is 0 Å². The van der Waals surface area contributed by atoms with Crippen LogP contribution in [-0.4, -0.2) is 67.6 Å². The van der Waals surface area contributed by atoms with Gasteiger partial charge in [-0.1, -0.05) is 22.9 Å². The largest absolute Gasteiger partial charge is 0.379 e. The molecule has 0 bridgehead atoms. The number of hydrogen-bond acceptors (Lipinski definition) is 3. The second kappa shape index (κ2) is 8.50. The zero-order chi connectivity index (χ0) is 10.9. The van der Waals surface area contributed by atoms with Gasteiger partial charge in [-0.05, 0) is 13.0 Å². The molecule has 1 aliphatic heterocycles. The molecule has 0 aromatic heterocycles. The van der Waals surface area contributed by atoms with E-state index in [2.05, 4.69) is 32.7 Å². The number of ether oxygens (including phenoxy) is 1. The van der Waals surface area contributed by atoms with Crippen molar-refractivity contribution in [3.63, 3.8) is 0 Å². The molecule has 1 aliphatic rings. The van der Waals surface area contributed by atoms with E-state index >= 15 is 0 Å². The summed E-state index contributed by atoms with van der Waals surface area (Å²) in [5, 5.41) is 1.08. The van der Waals surface area contributed by atoms with Gasteiger partial charge in [-0.25, -0.2) is 0 Å². The minimum atomic E-state index is 0.909. The third-order valence-electron chi connectivity index (χ3n) is 2.78. The minimum absolute atomic E-state index is 0.909. The molecule has 0 unspecified atom stereocenters. The highest BCUT2D eigenvalue weighted by Gasteiger charge is 2.11. The smallest absolute Gasteiger partial charge is 0.0594 e. The maximum Gasteiger partial charge on any atom is 0.0594 e. The summed E-state index contributed by atoms with van der Waals surface area (Å²) in [4.78, 5) is 5.03. The van der Waals surface area contributed by atoms with E-state index in [9.17, 15) is 0 Å². The fourth-order valence-electron chi connectivity index (χ4n) is 1.88. The highest BCUT2D eigenvalue weighted by Crippen LogP contribution is 1.99. The number of halogens is 1. The van der Waals surface area contributed by atoms with Crippen LogP contribution in [-0.2, 0) is 4.74 Å². The Kier molecular flexibility index (Phi) is 7.61. The SMILES string of the molecule is CCCN(CCBr)CCN1CCOCC1. The number of rotatable bonds is 7. The molecule has 0 N–H and O–H groups in total. The Balaban J connectivity index is 2.13. The Morgan fingerprint density at radius 3 is 2.53 bits per heavy atom. The second-order valence-electron chi connectivity index (χ2n) is 3.98. The molecule has 0 aliphatic carbocycles. The summed E-state index contributed by atoms with van der Waals surface area (Å²) in [6.07, 6.45) is 1.25. The molecule has 0 aromatic carbocycles. The molecule has 1 fully saturated rings. The second-order valence-corrected chi connectivity index (χ2v) is 4.78. The quantitative estimate of drug-likeness (QED) is 0.656. The monoisotopic (exact) mass is 278 g/mol. The Bertz CT molecular complexity index is 146. The first-order valence-electron chi connectivity index (χ1n) is 5.95. The van der Waals surface area contributed by atoms with Gasteiger partial charge in [-0.15, -0.1) is 0 Å². The lowest BCUT2D eigenvalue weighted by Gasteiger charge is -2.29. The summed E-state index contributed by atoms with van der Waals surface area (Å²) >= 11 is 3.51. The molecular formula is C11H23BrN2O. The third-order valence-corrected chi connectivity index (χ3v) is 3.13. The predicted octanol–water partition coefficient (Wildman–Crippen LogP) is 1.43. The molecule has 90 valence electrons. The van der Waals surface area contributed by atoms with Gasteiger partial charge in [0.2, 0.25) is 0 Å². The van der Waals surface area contributed by atoms with Crippen LogP contribution in [0.1, 0.15) is 13.3 Å². The van der Waals surface area contributed by atoms with Crippen molar-refractivity contribution in [2.24, 2.45) is 0 Å². The summed E-state index contributed by atoms with van der Waals surface area (Å²) in [5.74, 6) is 0. The highest BCUT2D eigenvalue weighted by molar-refractivity contribution is 9.09. The van der Waals surface area contributed by atoms with Crippen LogP contribution < -0.4 is 0 Å². The molecule has 4 heteroatoms. The Labute approximate surface area is 102 Å². The summed E-state index contributed by atoms with van der Waals surface area (Å²) in [6, 6.07) is 0. The van der Waals surface area contributed by atoms with Gasteiger partial charge in [0, 0.05) is 38.1 Å². The van der Waals surface area contributed by atoms with E-state index in [1.54, 1.807) is 0 Å². The molecule has 0 amide bonds. The first-order chi connectivity index (χ1) is 7.36. The molecular weight excluding hydrogens is 256 g/mol. The van der Waals surface area contributed by atoms with Gasteiger partial charge >= 0.3 is 0 Å². The van der Waals surface area contributed by atoms with Crippen molar-refractivity contribution >= 4 is 15.9 Å². The maximum atomic E-state index is 5.34. The van der Waals surface area contributed by atoms with Crippen molar-refractivity contribution < 1.29 is 4.74 Å². The molecule has 0 atom stereocenters. The molecule has 0 aromatic rings. The Morgan fingerprint density at radius 1 is 1.20 bits per heavy atom. The van der Waals surface area contributed by atoms with Gasteiger partial charge in [0.05, 0.1) is 13.2 Å². The fourth-order valence-corrected chi connectivity index (χ4v) is 2.38. The van der Waals surface area contributed by atoms with Crippen LogP contribution >= 0.6 is 15.9 Å². The fraction of sp³-hybridized carbons (Fsp3) is 1.00. The topological polar surface area (TPSA) is 15.7 Å². The van der Waals surface area contributed by atoms with Gasteiger partial charge in [-0.3, -0.25) is 4.90 Å². The first-order valence-corrected chi connectivity index (χ1v) is 7.07. The van der Waals surface area contributed by atoms with Gasteiger partial charge in [0.1, 0.15) is 0 Å². The van der Waals surface area contributed by atoms with Crippen LogP contribution in [0.4, 0.5) is 0 Å². The summed E-state index contributed by atoms with van der Waals surface area (Å²) in [6.45, 7) is 11.0. The molecule has 0 saturated carbocycles. The molecule has 3 nitrogen and oxygen atoms in total. The van der Waals surface area contributed by atoms with E-state index in [-0.39, 0.29) is 0 Å². The average molecular weight is 279 g/mol. The maximum absolute atomic E-state index is 5.34. The number of hydrogen-bond donors (Lipinski definition) is 0. The van der Waals surface area contributed by atoms with Gasteiger partial charge in [-0.2, -0.15) is 0 Å². The summed E-state index contributed by atoms with van der Waals surface area (Å²) in [5.41, 5.74) is 0. The third kappa shape index (κ3) is 5.85. The standard InChI is InChI=1S/C11H23BrN2O/c1-2-4-13(5-3-12)6-7-14-8-10-15-11-9-14/h2-11H2,1H3. The lowest BCUT2D eigenvalue weighted by atomic mass is 10.3. The Hall–Kier alpha value is 0.360. The number of morpholine rings is 1. The Morgan fingerprint density at radius 2 is 1.93 bits per heavy atom. The molecule has 0 radical (unpaired) electrons. The van der Waals surface area contributed by atoms with E-state index in [0.29, 0.717) is 0 Å². The molecule has 1 heterocycles. The van der Waals surface area contributed by atoms with Crippen molar-refractivity contribution in [1.29, 1.82) is 0 Å². The van der Waals surface area contributed by atoms with Crippen molar-refractivity contribution in [2.45, 2.75) is 13.3 Å². The van der Waals surface area contributed by atoms with Crippen LogP contribution in [0, 0.1) is 0 Å². The van der Waals surface area contributed by atoms with E-state index in [1.807, 2.05) is 0 Å². The van der Waals surface area contributed by atoms with Crippen LogP contribution in [0.5, 0.6) is 0 Å². The van der Waals surface area contributed by atoms with E-state index in [1.165, 1.54) is 26.1 Å². The van der Waals surface area contributed by atoms with E-state index < -0.39 is 0 Å². The summed E-state index contributed by atoms with van der Waals surface area (Å²) < 4.78 is 5.34. The summed E-state index contributed by atoms with van der Waals surface area (Å²) in [7, 11) is 0. The average Bonchev–Trinajstić information content (AvgIpc) is 2.28. The van der Waals surface area contributed by atoms with Crippen molar-refractivity contribution in [1.82, 2.24) is 9.80 Å². The zero-order valence-corrected chi connectivity index (χ0v) is 11.3. The lowest BCUT2D eigenvalue weighted by molar-refractivity contribution is 0.0336. The van der Waals surface area contributed by atoms with E-state index in [4.69, 9.17) is 4.74 Å². The molecule has 1 saturated heterocycles.